The van der Waals surface area contributed by atoms with Gasteiger partial charge in [-0.3, -0.25) is 9.88 Å². The highest BCUT2D eigenvalue weighted by atomic mass is 35.5. The molecular formula is C17H21ClFN3. The molecule has 3 heterocycles. The van der Waals surface area contributed by atoms with Crippen LogP contribution in [0.25, 0.3) is 10.9 Å². The van der Waals surface area contributed by atoms with Crippen LogP contribution in [0.5, 0.6) is 0 Å². The zero-order valence-corrected chi connectivity index (χ0v) is 13.3. The summed E-state index contributed by atoms with van der Waals surface area (Å²) in [7, 11) is 0. The van der Waals surface area contributed by atoms with E-state index in [0.717, 1.165) is 36.1 Å². The smallest absolute Gasteiger partial charge is 0.124 e. The Morgan fingerprint density at radius 1 is 1.23 bits per heavy atom. The van der Waals surface area contributed by atoms with Crippen LogP contribution in [0.4, 0.5) is 4.39 Å². The standard InChI is InChI=1S/C17H20FN3.ClH/c18-14-8-12-2-1-6-19-17(12)13(9-14)10-21-7-5-15-3-4-16(11-21)20-15;/h1-2,6,8-9,15-16,20H,3-5,7,10-11H2;1H. The van der Waals surface area contributed by atoms with Gasteiger partial charge in [-0.1, -0.05) is 6.07 Å². The van der Waals surface area contributed by atoms with Crippen molar-refractivity contribution < 1.29 is 4.39 Å². The molecule has 2 aromatic rings. The molecule has 22 heavy (non-hydrogen) atoms. The molecule has 0 spiro atoms. The van der Waals surface area contributed by atoms with Crippen molar-refractivity contribution in [3.05, 3.63) is 41.8 Å². The topological polar surface area (TPSA) is 28.2 Å². The third kappa shape index (κ3) is 3.09. The van der Waals surface area contributed by atoms with Gasteiger partial charge in [0, 0.05) is 43.3 Å². The lowest BCUT2D eigenvalue weighted by molar-refractivity contribution is 0.251. The number of halogens is 2. The van der Waals surface area contributed by atoms with Gasteiger partial charge < -0.3 is 5.32 Å². The molecule has 2 aliphatic heterocycles. The van der Waals surface area contributed by atoms with Gasteiger partial charge in [-0.05, 0) is 43.0 Å². The quantitative estimate of drug-likeness (QED) is 0.921. The van der Waals surface area contributed by atoms with Gasteiger partial charge in [-0.25, -0.2) is 4.39 Å². The predicted octanol–water partition coefficient (Wildman–Crippen LogP) is 3.12. The molecule has 118 valence electrons. The molecule has 1 aromatic carbocycles. The summed E-state index contributed by atoms with van der Waals surface area (Å²) >= 11 is 0. The molecule has 2 fully saturated rings. The van der Waals surface area contributed by atoms with Crippen LogP contribution in [0.1, 0.15) is 24.8 Å². The fraction of sp³-hybridized carbons (Fsp3) is 0.471. The Morgan fingerprint density at radius 3 is 3.00 bits per heavy atom. The Hall–Kier alpha value is -1.23. The Bertz CT molecular complexity index is 663. The molecule has 0 aliphatic carbocycles. The van der Waals surface area contributed by atoms with Crippen LogP contribution in [0, 0.1) is 5.82 Å². The Kier molecular flexibility index (Phi) is 4.62. The van der Waals surface area contributed by atoms with Crippen molar-refractivity contribution in [1.82, 2.24) is 15.2 Å². The molecule has 0 amide bonds. The Morgan fingerprint density at radius 2 is 2.09 bits per heavy atom. The number of benzene rings is 1. The summed E-state index contributed by atoms with van der Waals surface area (Å²) in [5.41, 5.74) is 1.93. The van der Waals surface area contributed by atoms with Gasteiger partial charge in [-0.15, -0.1) is 12.4 Å². The zero-order valence-electron chi connectivity index (χ0n) is 12.5. The first-order valence-corrected chi connectivity index (χ1v) is 7.79. The second kappa shape index (κ2) is 6.49. The molecular weight excluding hydrogens is 301 g/mol. The predicted molar refractivity (Wildman–Crippen MR) is 88.8 cm³/mol. The molecule has 0 saturated carbocycles. The number of pyridine rings is 1. The van der Waals surface area contributed by atoms with Gasteiger partial charge in [-0.2, -0.15) is 0 Å². The number of nitrogens with zero attached hydrogens (tertiary/aromatic N) is 2. The van der Waals surface area contributed by atoms with E-state index in [2.05, 4.69) is 15.2 Å². The third-order valence-corrected chi connectivity index (χ3v) is 4.75. The molecule has 0 radical (unpaired) electrons. The van der Waals surface area contributed by atoms with Crippen LogP contribution in [-0.2, 0) is 6.54 Å². The summed E-state index contributed by atoms with van der Waals surface area (Å²) < 4.78 is 13.8. The highest BCUT2D eigenvalue weighted by Crippen LogP contribution is 2.24. The average Bonchev–Trinajstić information content (AvgIpc) is 2.81. The Balaban J connectivity index is 0.00000144. The van der Waals surface area contributed by atoms with Gasteiger partial charge >= 0.3 is 0 Å². The lowest BCUT2D eigenvalue weighted by atomic mass is 10.1. The Labute approximate surface area is 136 Å². The molecule has 3 nitrogen and oxygen atoms in total. The summed E-state index contributed by atoms with van der Waals surface area (Å²) in [5, 5.41) is 4.58. The van der Waals surface area contributed by atoms with Crippen LogP contribution in [0.3, 0.4) is 0 Å². The average molecular weight is 322 g/mol. The maximum atomic E-state index is 13.8. The van der Waals surface area contributed by atoms with Crippen LogP contribution in [0.15, 0.2) is 30.5 Å². The largest absolute Gasteiger partial charge is 0.310 e. The zero-order chi connectivity index (χ0) is 14.2. The molecule has 2 aliphatic rings. The molecule has 4 rings (SSSR count). The second-order valence-electron chi connectivity index (χ2n) is 6.30. The summed E-state index contributed by atoms with van der Waals surface area (Å²) in [4.78, 5) is 6.89. The van der Waals surface area contributed by atoms with E-state index in [1.165, 1.54) is 19.3 Å². The minimum Gasteiger partial charge on any atom is -0.310 e. The number of hydrogen-bond donors (Lipinski definition) is 1. The molecule has 2 bridgehead atoms. The van der Waals surface area contributed by atoms with Crippen molar-refractivity contribution in [3.63, 3.8) is 0 Å². The highest BCUT2D eigenvalue weighted by Gasteiger charge is 2.29. The minimum absolute atomic E-state index is 0. The van der Waals surface area contributed by atoms with E-state index in [4.69, 9.17) is 0 Å². The van der Waals surface area contributed by atoms with Crippen molar-refractivity contribution in [2.24, 2.45) is 0 Å². The first-order valence-electron chi connectivity index (χ1n) is 7.79. The lowest BCUT2D eigenvalue weighted by Gasteiger charge is -2.24. The van der Waals surface area contributed by atoms with Crippen LogP contribution in [0.2, 0.25) is 0 Å². The maximum Gasteiger partial charge on any atom is 0.124 e. The molecule has 1 N–H and O–H groups in total. The van der Waals surface area contributed by atoms with Crippen molar-refractivity contribution in [3.8, 4) is 0 Å². The van der Waals surface area contributed by atoms with E-state index in [-0.39, 0.29) is 18.2 Å². The number of aromatic nitrogens is 1. The van der Waals surface area contributed by atoms with E-state index in [9.17, 15) is 4.39 Å². The van der Waals surface area contributed by atoms with Crippen molar-refractivity contribution >= 4 is 23.3 Å². The van der Waals surface area contributed by atoms with Gasteiger partial charge in [0.1, 0.15) is 5.82 Å². The molecule has 1 aromatic heterocycles. The van der Waals surface area contributed by atoms with Crippen LogP contribution < -0.4 is 5.32 Å². The first-order chi connectivity index (χ1) is 10.3. The van der Waals surface area contributed by atoms with Crippen LogP contribution >= 0.6 is 12.4 Å². The number of rotatable bonds is 2. The highest BCUT2D eigenvalue weighted by molar-refractivity contribution is 5.85. The van der Waals surface area contributed by atoms with Gasteiger partial charge in [0.25, 0.3) is 0 Å². The normalized spacial score (nSPS) is 25.0. The number of fused-ring (bicyclic) bond motifs is 3. The summed E-state index contributed by atoms with van der Waals surface area (Å²) in [6.45, 7) is 2.93. The monoisotopic (exact) mass is 321 g/mol. The molecule has 2 unspecified atom stereocenters. The van der Waals surface area contributed by atoms with Crippen LogP contribution in [-0.4, -0.2) is 35.1 Å². The van der Waals surface area contributed by atoms with E-state index in [1.807, 2.05) is 12.1 Å². The number of hydrogen-bond acceptors (Lipinski definition) is 3. The first kappa shape index (κ1) is 15.7. The van der Waals surface area contributed by atoms with E-state index < -0.39 is 0 Å². The fourth-order valence-electron chi connectivity index (χ4n) is 3.75. The number of likely N-dealkylation sites (tertiary alicyclic amines) is 1. The minimum atomic E-state index is -0.167. The summed E-state index contributed by atoms with van der Waals surface area (Å²) in [6.07, 6.45) is 5.55. The van der Waals surface area contributed by atoms with E-state index >= 15 is 0 Å². The molecule has 2 saturated heterocycles. The third-order valence-electron chi connectivity index (χ3n) is 4.75. The summed E-state index contributed by atoms with van der Waals surface area (Å²) in [6, 6.07) is 8.29. The van der Waals surface area contributed by atoms with Crippen molar-refractivity contribution in [2.45, 2.75) is 37.9 Å². The van der Waals surface area contributed by atoms with E-state index in [0.29, 0.717) is 12.1 Å². The SMILES string of the molecule is Cl.Fc1cc(CN2CCC3CCC(C2)N3)c2ncccc2c1. The number of nitrogens with one attached hydrogen (secondary N) is 1. The van der Waals surface area contributed by atoms with Crippen molar-refractivity contribution in [1.29, 1.82) is 0 Å². The van der Waals surface area contributed by atoms with Gasteiger partial charge in [0.15, 0.2) is 0 Å². The van der Waals surface area contributed by atoms with E-state index in [1.54, 1.807) is 18.3 Å². The van der Waals surface area contributed by atoms with Gasteiger partial charge in [0.05, 0.1) is 5.52 Å². The van der Waals surface area contributed by atoms with Gasteiger partial charge in [0.2, 0.25) is 0 Å². The van der Waals surface area contributed by atoms with Crippen molar-refractivity contribution in [2.75, 3.05) is 13.1 Å². The lowest BCUT2D eigenvalue weighted by Crippen LogP contribution is -2.35. The fourth-order valence-corrected chi connectivity index (χ4v) is 3.75. The molecule has 2 atom stereocenters. The molecule has 5 heteroatoms. The summed E-state index contributed by atoms with van der Waals surface area (Å²) in [5.74, 6) is -0.167. The second-order valence-corrected chi connectivity index (χ2v) is 6.30. The maximum absolute atomic E-state index is 13.8.